The van der Waals surface area contributed by atoms with Crippen LogP contribution in [0.4, 0.5) is 0 Å². The number of thiophene rings is 1. The van der Waals surface area contributed by atoms with E-state index in [9.17, 15) is 9.90 Å². The number of piperidine rings is 1. The summed E-state index contributed by atoms with van der Waals surface area (Å²) in [5.74, 6) is -0.674. The molecule has 2 rings (SSSR count). The van der Waals surface area contributed by atoms with Crippen LogP contribution in [0.5, 0.6) is 0 Å². The first-order chi connectivity index (χ1) is 8.66. The second kappa shape index (κ2) is 6.68. The van der Waals surface area contributed by atoms with Crippen LogP contribution in [0.25, 0.3) is 0 Å². The van der Waals surface area contributed by atoms with Crippen LogP contribution in [0.3, 0.4) is 0 Å². The number of aliphatic carboxylic acids is 1. The maximum atomic E-state index is 11.4. The number of rotatable bonds is 5. The van der Waals surface area contributed by atoms with Gasteiger partial charge in [-0.1, -0.05) is 6.42 Å². The summed E-state index contributed by atoms with van der Waals surface area (Å²) in [6.45, 7) is 1.87. The number of aryl methyl sites for hydroxylation is 1. The van der Waals surface area contributed by atoms with Gasteiger partial charge >= 0.3 is 5.97 Å². The van der Waals surface area contributed by atoms with Crippen molar-refractivity contribution in [2.45, 2.75) is 38.1 Å². The molecular formula is C13H18BrNO2S. The molecule has 0 spiro atoms. The molecule has 1 aromatic rings. The molecule has 1 fully saturated rings. The van der Waals surface area contributed by atoms with Crippen molar-refractivity contribution in [2.24, 2.45) is 0 Å². The minimum atomic E-state index is -0.674. The van der Waals surface area contributed by atoms with E-state index < -0.39 is 5.97 Å². The highest BCUT2D eigenvalue weighted by molar-refractivity contribution is 9.11. The molecule has 0 bridgehead atoms. The Hall–Kier alpha value is -0.390. The molecule has 1 unspecified atom stereocenters. The second-order valence-corrected chi connectivity index (χ2v) is 7.24. The smallest absolute Gasteiger partial charge is 0.320 e. The zero-order valence-corrected chi connectivity index (χ0v) is 12.7. The number of halogens is 1. The molecule has 0 saturated carbocycles. The highest BCUT2D eigenvalue weighted by atomic mass is 79.9. The maximum absolute atomic E-state index is 11.4. The second-order valence-electron chi connectivity index (χ2n) is 4.70. The van der Waals surface area contributed by atoms with E-state index in [-0.39, 0.29) is 6.04 Å². The third kappa shape index (κ3) is 3.80. The lowest BCUT2D eigenvalue weighted by atomic mass is 10.0. The van der Waals surface area contributed by atoms with E-state index in [1.54, 1.807) is 11.3 Å². The molecule has 100 valence electrons. The Kier molecular flexibility index (Phi) is 5.21. The lowest BCUT2D eigenvalue weighted by molar-refractivity contribution is -0.144. The number of carbonyl (C=O) groups is 1. The average Bonchev–Trinajstić information content (AvgIpc) is 2.76. The SMILES string of the molecule is O=C(O)C(CCc1ccc(Br)s1)N1CCCCC1. The summed E-state index contributed by atoms with van der Waals surface area (Å²) >= 11 is 5.13. The van der Waals surface area contributed by atoms with Gasteiger partial charge in [-0.25, -0.2) is 0 Å². The van der Waals surface area contributed by atoms with Crippen LogP contribution in [0, 0.1) is 0 Å². The van der Waals surface area contributed by atoms with Crippen molar-refractivity contribution in [2.75, 3.05) is 13.1 Å². The van der Waals surface area contributed by atoms with Crippen molar-refractivity contribution in [1.82, 2.24) is 4.90 Å². The lowest BCUT2D eigenvalue weighted by Crippen LogP contribution is -2.44. The molecule has 0 radical (unpaired) electrons. The fourth-order valence-electron chi connectivity index (χ4n) is 2.46. The molecule has 1 aliphatic rings. The molecule has 0 amide bonds. The fraction of sp³-hybridized carbons (Fsp3) is 0.615. The van der Waals surface area contributed by atoms with Gasteiger partial charge in [0.1, 0.15) is 6.04 Å². The molecule has 3 nitrogen and oxygen atoms in total. The van der Waals surface area contributed by atoms with E-state index >= 15 is 0 Å². The predicted octanol–water partition coefficient (Wildman–Crippen LogP) is 3.38. The van der Waals surface area contributed by atoms with Gasteiger partial charge in [0, 0.05) is 4.88 Å². The normalized spacial score (nSPS) is 18.7. The first kappa shape index (κ1) is 14.0. The third-order valence-electron chi connectivity index (χ3n) is 3.41. The van der Waals surface area contributed by atoms with E-state index in [1.807, 2.05) is 6.07 Å². The maximum Gasteiger partial charge on any atom is 0.320 e. The van der Waals surface area contributed by atoms with E-state index in [0.717, 1.165) is 36.1 Å². The Labute approximate surface area is 120 Å². The van der Waals surface area contributed by atoms with Gasteiger partial charge in [-0.2, -0.15) is 0 Å². The Morgan fingerprint density at radius 2 is 2.11 bits per heavy atom. The summed E-state index contributed by atoms with van der Waals surface area (Å²) in [4.78, 5) is 14.8. The number of carboxylic acid groups (broad SMARTS) is 1. The number of carboxylic acids is 1. The zero-order chi connectivity index (χ0) is 13.0. The number of hydrogen-bond donors (Lipinski definition) is 1. The van der Waals surface area contributed by atoms with Gasteiger partial charge in [0.25, 0.3) is 0 Å². The van der Waals surface area contributed by atoms with Crippen LogP contribution >= 0.6 is 27.3 Å². The quantitative estimate of drug-likeness (QED) is 0.899. The van der Waals surface area contributed by atoms with Crippen LogP contribution in [0.15, 0.2) is 15.9 Å². The van der Waals surface area contributed by atoms with Gasteiger partial charge in [-0.3, -0.25) is 9.69 Å². The summed E-state index contributed by atoms with van der Waals surface area (Å²) in [5, 5.41) is 9.36. The molecule has 2 heterocycles. The van der Waals surface area contributed by atoms with E-state index in [1.165, 1.54) is 11.3 Å². The summed E-state index contributed by atoms with van der Waals surface area (Å²) in [6.07, 6.45) is 5.06. The predicted molar refractivity (Wildman–Crippen MR) is 77.2 cm³/mol. The van der Waals surface area contributed by atoms with Crippen molar-refractivity contribution in [3.05, 3.63) is 20.8 Å². The number of nitrogens with zero attached hydrogens (tertiary/aromatic N) is 1. The lowest BCUT2D eigenvalue weighted by Gasteiger charge is -2.31. The molecule has 18 heavy (non-hydrogen) atoms. The van der Waals surface area contributed by atoms with Crippen molar-refractivity contribution in [1.29, 1.82) is 0 Å². The van der Waals surface area contributed by atoms with Gasteiger partial charge in [0.05, 0.1) is 3.79 Å². The van der Waals surface area contributed by atoms with Crippen LogP contribution in [-0.2, 0) is 11.2 Å². The van der Waals surface area contributed by atoms with Crippen LogP contribution < -0.4 is 0 Å². The highest BCUT2D eigenvalue weighted by Gasteiger charge is 2.26. The van der Waals surface area contributed by atoms with Crippen molar-refractivity contribution >= 4 is 33.2 Å². The molecule has 1 aliphatic heterocycles. The largest absolute Gasteiger partial charge is 0.480 e. The van der Waals surface area contributed by atoms with Gasteiger partial charge < -0.3 is 5.11 Å². The highest BCUT2D eigenvalue weighted by Crippen LogP contribution is 2.24. The van der Waals surface area contributed by atoms with E-state index in [2.05, 4.69) is 26.9 Å². The monoisotopic (exact) mass is 331 g/mol. The summed E-state index contributed by atoms with van der Waals surface area (Å²) in [5.41, 5.74) is 0. The molecule has 5 heteroatoms. The minimum Gasteiger partial charge on any atom is -0.480 e. The number of likely N-dealkylation sites (tertiary alicyclic amines) is 1. The zero-order valence-electron chi connectivity index (χ0n) is 10.3. The fourth-order valence-corrected chi connectivity index (χ4v) is 3.96. The topological polar surface area (TPSA) is 40.5 Å². The Morgan fingerprint density at radius 1 is 1.39 bits per heavy atom. The van der Waals surface area contributed by atoms with Crippen LogP contribution in [-0.4, -0.2) is 35.1 Å². The third-order valence-corrected chi connectivity index (χ3v) is 5.09. The Balaban J connectivity index is 1.91. The molecule has 0 aromatic carbocycles. The van der Waals surface area contributed by atoms with Crippen molar-refractivity contribution < 1.29 is 9.90 Å². The van der Waals surface area contributed by atoms with Gasteiger partial charge in [-0.15, -0.1) is 11.3 Å². The van der Waals surface area contributed by atoms with Crippen molar-refractivity contribution in [3.8, 4) is 0 Å². The minimum absolute atomic E-state index is 0.314. The van der Waals surface area contributed by atoms with E-state index in [4.69, 9.17) is 0 Å². The van der Waals surface area contributed by atoms with Crippen molar-refractivity contribution in [3.63, 3.8) is 0 Å². The molecule has 0 aliphatic carbocycles. The average molecular weight is 332 g/mol. The van der Waals surface area contributed by atoms with Gasteiger partial charge in [0.2, 0.25) is 0 Å². The summed E-state index contributed by atoms with van der Waals surface area (Å²) in [6, 6.07) is 3.78. The van der Waals surface area contributed by atoms with Crippen LogP contribution in [0.1, 0.15) is 30.6 Å². The first-order valence-electron chi connectivity index (χ1n) is 6.38. The Morgan fingerprint density at radius 3 is 2.67 bits per heavy atom. The molecular weight excluding hydrogens is 314 g/mol. The van der Waals surface area contributed by atoms with Gasteiger partial charge in [-0.05, 0) is 66.8 Å². The number of hydrogen-bond acceptors (Lipinski definition) is 3. The molecule has 1 saturated heterocycles. The summed E-state index contributed by atoms with van der Waals surface area (Å²) in [7, 11) is 0. The van der Waals surface area contributed by atoms with Crippen LogP contribution in [0.2, 0.25) is 0 Å². The molecule has 1 atom stereocenters. The van der Waals surface area contributed by atoms with E-state index in [0.29, 0.717) is 6.42 Å². The molecule has 1 N–H and O–H groups in total. The Bertz CT molecular complexity index is 401. The molecule has 1 aromatic heterocycles. The standard InChI is InChI=1S/C13H18BrNO2S/c14-12-7-5-10(18-12)4-6-11(13(16)17)15-8-2-1-3-9-15/h5,7,11H,1-4,6,8-9H2,(H,16,17). The first-order valence-corrected chi connectivity index (χ1v) is 7.99. The van der Waals surface area contributed by atoms with Gasteiger partial charge in [0.15, 0.2) is 0 Å². The summed E-state index contributed by atoms with van der Waals surface area (Å²) < 4.78 is 1.11.